The molecule has 1 heterocycles. The summed E-state index contributed by atoms with van der Waals surface area (Å²) < 4.78 is 11.6. The number of urea groups is 1. The number of hydrogen-bond donors (Lipinski definition) is 3. The van der Waals surface area contributed by atoms with E-state index < -0.39 is 12.1 Å². The van der Waals surface area contributed by atoms with Crippen molar-refractivity contribution in [3.05, 3.63) is 81.8 Å². The Balaban J connectivity index is 1.54. The van der Waals surface area contributed by atoms with Crippen LogP contribution >= 0.6 is 23.2 Å². The molecule has 3 aromatic rings. The first-order chi connectivity index (χ1) is 20.1. The van der Waals surface area contributed by atoms with Gasteiger partial charge in [0.05, 0.1) is 35.4 Å². The minimum absolute atomic E-state index is 0.0413. The third kappa shape index (κ3) is 7.86. The largest absolute Gasteiger partial charge is 0.497 e. The first kappa shape index (κ1) is 31.4. The topological polar surface area (TPSA) is 103 Å². The predicted molar refractivity (Wildman–Crippen MR) is 166 cm³/mol. The summed E-state index contributed by atoms with van der Waals surface area (Å²) in [5.74, 6) is 0.771. The monoisotopic (exact) mass is 614 g/mol. The number of rotatable bonds is 9. The zero-order valence-corrected chi connectivity index (χ0v) is 25.6. The van der Waals surface area contributed by atoms with E-state index in [1.807, 2.05) is 33.0 Å². The molecule has 1 aliphatic rings. The van der Waals surface area contributed by atoms with Gasteiger partial charge in [-0.3, -0.25) is 9.69 Å². The maximum atomic E-state index is 13.7. The number of anilines is 2. The summed E-state index contributed by atoms with van der Waals surface area (Å²) in [6.07, 6.45) is -0.268. The number of aliphatic hydroxyl groups excluding tert-OH is 1. The molecule has 0 aromatic heterocycles. The number of carbonyl (C=O) groups excluding carboxylic acids is 2. The van der Waals surface area contributed by atoms with Crippen molar-refractivity contribution in [2.75, 3.05) is 44.5 Å². The van der Waals surface area contributed by atoms with E-state index in [2.05, 4.69) is 15.5 Å². The zero-order valence-electron chi connectivity index (χ0n) is 24.1. The van der Waals surface area contributed by atoms with Crippen molar-refractivity contribution in [1.29, 1.82) is 0 Å². The average Bonchev–Trinajstić information content (AvgIpc) is 2.97. The minimum atomic E-state index is -0.463. The van der Waals surface area contributed by atoms with Crippen molar-refractivity contribution in [2.45, 2.75) is 32.5 Å². The Morgan fingerprint density at radius 2 is 1.79 bits per heavy atom. The van der Waals surface area contributed by atoms with Crippen LogP contribution in [0.3, 0.4) is 0 Å². The lowest BCUT2D eigenvalue weighted by atomic mass is 9.99. The van der Waals surface area contributed by atoms with Crippen molar-refractivity contribution in [1.82, 2.24) is 9.80 Å². The second kappa shape index (κ2) is 14.1. The third-order valence-electron chi connectivity index (χ3n) is 7.20. The molecule has 3 amide bonds. The maximum Gasteiger partial charge on any atom is 0.323 e. The molecule has 0 radical (unpaired) electrons. The second-order valence-electron chi connectivity index (χ2n) is 10.6. The Bertz CT molecular complexity index is 1400. The number of benzene rings is 3. The van der Waals surface area contributed by atoms with Gasteiger partial charge < -0.3 is 30.1 Å². The van der Waals surface area contributed by atoms with Gasteiger partial charge in [0.2, 0.25) is 0 Å². The number of carbonyl (C=O) groups is 2. The van der Waals surface area contributed by atoms with Gasteiger partial charge in [-0.1, -0.05) is 36.2 Å². The van der Waals surface area contributed by atoms with Gasteiger partial charge in [-0.15, -0.1) is 0 Å². The van der Waals surface area contributed by atoms with E-state index >= 15 is 0 Å². The number of ether oxygens (including phenoxy) is 2. The second-order valence-corrected chi connectivity index (χ2v) is 11.4. The van der Waals surface area contributed by atoms with Gasteiger partial charge in [0.15, 0.2) is 0 Å². The van der Waals surface area contributed by atoms with Crippen LogP contribution in [0.5, 0.6) is 11.5 Å². The highest BCUT2D eigenvalue weighted by Crippen LogP contribution is 2.31. The van der Waals surface area contributed by atoms with E-state index in [4.69, 9.17) is 32.7 Å². The van der Waals surface area contributed by atoms with Crippen LogP contribution < -0.4 is 20.1 Å². The molecule has 0 bridgehead atoms. The molecule has 4 rings (SSSR count). The number of methoxy groups -OCH3 is 1. The van der Waals surface area contributed by atoms with Crippen molar-refractivity contribution in [2.24, 2.45) is 5.92 Å². The highest BCUT2D eigenvalue weighted by atomic mass is 35.5. The fourth-order valence-electron chi connectivity index (χ4n) is 4.81. The quantitative estimate of drug-likeness (QED) is 0.273. The van der Waals surface area contributed by atoms with Crippen LogP contribution in [0.15, 0.2) is 60.7 Å². The molecule has 3 N–H and O–H groups in total. The molecule has 3 aromatic carbocycles. The molecule has 0 unspecified atom stereocenters. The first-order valence-corrected chi connectivity index (χ1v) is 14.4. The van der Waals surface area contributed by atoms with Crippen LogP contribution in [0.4, 0.5) is 16.2 Å². The number of aliphatic hydroxyl groups is 1. The van der Waals surface area contributed by atoms with Crippen molar-refractivity contribution >= 4 is 46.5 Å². The van der Waals surface area contributed by atoms with E-state index in [-0.39, 0.29) is 24.5 Å². The fourth-order valence-corrected chi connectivity index (χ4v) is 5.13. The van der Waals surface area contributed by atoms with E-state index in [9.17, 15) is 14.7 Å². The maximum absolute atomic E-state index is 13.7. The Morgan fingerprint density at radius 3 is 2.45 bits per heavy atom. The Morgan fingerprint density at radius 1 is 1.10 bits per heavy atom. The van der Waals surface area contributed by atoms with Crippen LogP contribution in [0.2, 0.25) is 10.0 Å². The number of fused-ring (bicyclic) bond motifs is 1. The molecule has 9 nitrogen and oxygen atoms in total. The van der Waals surface area contributed by atoms with E-state index in [1.165, 1.54) is 0 Å². The summed E-state index contributed by atoms with van der Waals surface area (Å²) in [5, 5.41) is 16.5. The lowest BCUT2D eigenvalue weighted by Gasteiger charge is -2.38. The van der Waals surface area contributed by atoms with Crippen LogP contribution in [0.25, 0.3) is 0 Å². The van der Waals surface area contributed by atoms with Crippen LogP contribution in [-0.4, -0.2) is 72.8 Å². The summed E-state index contributed by atoms with van der Waals surface area (Å²) in [6.45, 7) is 5.24. The summed E-state index contributed by atoms with van der Waals surface area (Å²) >= 11 is 12.3. The highest BCUT2D eigenvalue weighted by molar-refractivity contribution is 6.42. The van der Waals surface area contributed by atoms with Crippen LogP contribution in [0, 0.1) is 5.92 Å². The lowest BCUT2D eigenvalue weighted by molar-refractivity contribution is 0.0341. The van der Waals surface area contributed by atoms with Crippen molar-refractivity contribution in [3.63, 3.8) is 0 Å². The van der Waals surface area contributed by atoms with Gasteiger partial charge in [-0.25, -0.2) is 4.79 Å². The molecule has 3 atom stereocenters. The molecular formula is C31H36Cl2N4O5. The average molecular weight is 616 g/mol. The van der Waals surface area contributed by atoms with Gasteiger partial charge in [0.1, 0.15) is 17.6 Å². The van der Waals surface area contributed by atoms with Gasteiger partial charge in [0.25, 0.3) is 5.91 Å². The summed E-state index contributed by atoms with van der Waals surface area (Å²) in [6, 6.07) is 16.6. The third-order valence-corrected chi connectivity index (χ3v) is 7.94. The lowest BCUT2D eigenvalue weighted by Crippen LogP contribution is -2.49. The number of nitrogens with zero attached hydrogens (tertiary/aromatic N) is 2. The molecular weight excluding hydrogens is 579 g/mol. The van der Waals surface area contributed by atoms with E-state index in [0.717, 1.165) is 5.56 Å². The molecule has 0 fully saturated rings. The van der Waals surface area contributed by atoms with Gasteiger partial charge >= 0.3 is 6.03 Å². The fraction of sp³-hybridized carbons (Fsp3) is 0.355. The smallest absolute Gasteiger partial charge is 0.323 e. The number of hydrogen-bond acceptors (Lipinski definition) is 6. The molecule has 224 valence electrons. The molecule has 0 saturated heterocycles. The minimum Gasteiger partial charge on any atom is -0.497 e. The van der Waals surface area contributed by atoms with Crippen molar-refractivity contribution < 1.29 is 24.2 Å². The van der Waals surface area contributed by atoms with Gasteiger partial charge in [0, 0.05) is 36.9 Å². The Hall–Kier alpha value is -3.50. The molecule has 1 aliphatic heterocycles. The van der Waals surface area contributed by atoms with Crippen LogP contribution in [-0.2, 0) is 6.54 Å². The number of likely N-dealkylation sites (N-methyl/N-ethyl adjacent to an activating group) is 1. The Kier molecular flexibility index (Phi) is 10.6. The SMILES string of the molecule is COc1ccc(NC(=O)Nc2ccc3c(c2)C(=O)N([C@@H](C)CO)C[C@@H](C)[C@H](CN(C)Cc2ccc(Cl)c(Cl)c2)O3)cc1. The Labute approximate surface area is 256 Å². The standard InChI is InChI=1S/C31H36Cl2N4O5/c1-19-15-37(20(2)18-38)30(39)25-14-23(35-31(40)34-22-6-9-24(41-4)10-7-22)8-12-28(25)42-29(19)17-36(3)16-21-5-11-26(32)27(33)13-21/h5-14,19-20,29,38H,15-18H2,1-4H3,(H2,34,35,40)/t19-,20+,29+/m1/s1. The highest BCUT2D eigenvalue weighted by Gasteiger charge is 2.33. The summed E-state index contributed by atoms with van der Waals surface area (Å²) in [7, 11) is 3.56. The summed E-state index contributed by atoms with van der Waals surface area (Å²) in [5.41, 5.74) is 2.33. The van der Waals surface area contributed by atoms with E-state index in [1.54, 1.807) is 60.5 Å². The first-order valence-electron chi connectivity index (χ1n) is 13.6. The molecule has 0 aliphatic carbocycles. The van der Waals surface area contributed by atoms with Gasteiger partial charge in [-0.05, 0) is 74.1 Å². The van der Waals surface area contributed by atoms with Crippen molar-refractivity contribution in [3.8, 4) is 11.5 Å². The molecule has 11 heteroatoms. The molecule has 0 spiro atoms. The zero-order chi connectivity index (χ0) is 30.4. The molecule has 0 saturated carbocycles. The van der Waals surface area contributed by atoms with E-state index in [0.29, 0.717) is 58.1 Å². The predicted octanol–water partition coefficient (Wildman–Crippen LogP) is 6.00. The number of nitrogens with one attached hydrogen (secondary N) is 2. The van der Waals surface area contributed by atoms with Crippen LogP contribution in [0.1, 0.15) is 29.8 Å². The van der Waals surface area contributed by atoms with Gasteiger partial charge in [-0.2, -0.15) is 0 Å². The normalized spacial score (nSPS) is 17.5. The summed E-state index contributed by atoms with van der Waals surface area (Å²) in [4.78, 5) is 30.2. The number of amides is 3. The molecule has 42 heavy (non-hydrogen) atoms. The number of halogens is 2.